The third kappa shape index (κ3) is 5.85. The van der Waals surface area contributed by atoms with Crippen LogP contribution in [0.15, 0.2) is 48.9 Å². The van der Waals surface area contributed by atoms with Crippen LogP contribution in [0.25, 0.3) is 10.9 Å². The van der Waals surface area contributed by atoms with Crippen molar-refractivity contribution in [1.29, 1.82) is 0 Å². The van der Waals surface area contributed by atoms with E-state index in [4.69, 9.17) is 16.3 Å². The molecule has 2 aromatic heterocycles. The predicted octanol–water partition coefficient (Wildman–Crippen LogP) is 5.79. The van der Waals surface area contributed by atoms with Crippen LogP contribution < -0.4 is 4.74 Å². The van der Waals surface area contributed by atoms with E-state index in [-0.39, 0.29) is 12.0 Å². The van der Waals surface area contributed by atoms with Crippen molar-refractivity contribution in [2.75, 3.05) is 33.4 Å². The fraction of sp³-hybridized carbons (Fsp3) is 0.481. The van der Waals surface area contributed by atoms with Crippen molar-refractivity contribution in [3.63, 3.8) is 0 Å². The molecule has 3 heterocycles. The van der Waals surface area contributed by atoms with Crippen LogP contribution in [0.4, 0.5) is 4.39 Å². The second-order valence-corrected chi connectivity index (χ2v) is 9.78. The quantitative estimate of drug-likeness (QED) is 0.394. The summed E-state index contributed by atoms with van der Waals surface area (Å²) < 4.78 is 20.9. The van der Waals surface area contributed by atoms with E-state index in [2.05, 4.69) is 27.0 Å². The summed E-state index contributed by atoms with van der Waals surface area (Å²) >= 11 is 6.39. The van der Waals surface area contributed by atoms with Crippen LogP contribution in [0.3, 0.4) is 0 Å². The molecule has 5 nitrogen and oxygen atoms in total. The molecule has 1 aliphatic heterocycles. The Kier molecular flexibility index (Phi) is 8.35. The highest BCUT2D eigenvalue weighted by atomic mass is 35.5. The van der Waals surface area contributed by atoms with Gasteiger partial charge in [-0.3, -0.25) is 9.97 Å². The summed E-state index contributed by atoms with van der Waals surface area (Å²) in [5.74, 6) is 0.646. The van der Waals surface area contributed by atoms with Gasteiger partial charge in [0.2, 0.25) is 0 Å². The van der Waals surface area contributed by atoms with E-state index in [0.29, 0.717) is 40.1 Å². The van der Waals surface area contributed by atoms with Crippen molar-refractivity contribution in [3.05, 3.63) is 65.1 Å². The van der Waals surface area contributed by atoms with Gasteiger partial charge in [0.05, 0.1) is 17.6 Å². The SMILES string of the molecule is COc1ccc2ncc(Cl)c([C@@H](F)CCC3(CO)CCN(CCCc4ccncc4)CC3)c2c1. The number of methoxy groups -OCH3 is 1. The number of aliphatic hydroxyl groups is 1. The van der Waals surface area contributed by atoms with Crippen LogP contribution in [-0.4, -0.2) is 53.3 Å². The molecule has 0 radical (unpaired) electrons. The Morgan fingerprint density at radius 1 is 1.21 bits per heavy atom. The molecule has 34 heavy (non-hydrogen) atoms. The van der Waals surface area contributed by atoms with E-state index in [1.165, 1.54) is 11.8 Å². The van der Waals surface area contributed by atoms with Gasteiger partial charge in [0.1, 0.15) is 11.9 Å². The Morgan fingerprint density at radius 2 is 1.97 bits per heavy atom. The summed E-state index contributed by atoms with van der Waals surface area (Å²) in [5.41, 5.74) is 2.23. The lowest BCUT2D eigenvalue weighted by molar-refractivity contribution is 0.0300. The normalized spacial score (nSPS) is 17.1. The number of rotatable bonds is 10. The summed E-state index contributed by atoms with van der Waals surface area (Å²) in [7, 11) is 1.59. The predicted molar refractivity (Wildman–Crippen MR) is 134 cm³/mol. The first-order valence-electron chi connectivity index (χ1n) is 12.0. The summed E-state index contributed by atoms with van der Waals surface area (Å²) in [6.45, 7) is 2.99. The molecule has 0 amide bonds. The lowest BCUT2D eigenvalue weighted by Crippen LogP contribution is -2.42. The molecule has 7 heteroatoms. The maximum atomic E-state index is 15.6. The monoisotopic (exact) mass is 485 g/mol. The Morgan fingerprint density at radius 3 is 2.68 bits per heavy atom. The standard InChI is InChI=1S/C27H33ClFN3O2/c1-34-21-4-5-25-22(17-21)26(23(28)18-31-25)24(29)6-9-27(19-33)10-15-32(16-11-27)14-2-3-20-7-12-30-13-8-20/h4-5,7-8,12-13,17-18,24,33H,2-3,6,9-11,14-16,19H2,1H3/t24-/m0/s1. The number of aliphatic hydroxyl groups excluding tert-OH is 1. The first-order valence-corrected chi connectivity index (χ1v) is 12.4. The van der Waals surface area contributed by atoms with Crippen molar-refractivity contribution < 1.29 is 14.2 Å². The minimum absolute atomic E-state index is 0.0865. The van der Waals surface area contributed by atoms with Gasteiger partial charge < -0.3 is 14.7 Å². The fourth-order valence-corrected chi connectivity index (χ4v) is 5.25. The lowest BCUT2D eigenvalue weighted by atomic mass is 9.74. The number of alkyl halides is 1. The second-order valence-electron chi connectivity index (χ2n) is 9.37. The van der Waals surface area contributed by atoms with Gasteiger partial charge in [-0.25, -0.2) is 4.39 Å². The van der Waals surface area contributed by atoms with E-state index in [0.717, 1.165) is 45.3 Å². The molecule has 0 unspecified atom stereocenters. The third-order valence-electron chi connectivity index (χ3n) is 7.25. The highest BCUT2D eigenvalue weighted by molar-refractivity contribution is 6.32. The van der Waals surface area contributed by atoms with Gasteiger partial charge in [0, 0.05) is 36.1 Å². The number of aromatic nitrogens is 2. The van der Waals surface area contributed by atoms with E-state index >= 15 is 4.39 Å². The molecular formula is C27H33ClFN3O2. The minimum atomic E-state index is -1.23. The first kappa shape index (κ1) is 24.8. The second kappa shape index (κ2) is 11.4. The van der Waals surface area contributed by atoms with Gasteiger partial charge in [0.15, 0.2) is 0 Å². The van der Waals surface area contributed by atoms with Gasteiger partial charge >= 0.3 is 0 Å². The van der Waals surface area contributed by atoms with Gasteiger partial charge in [0.25, 0.3) is 0 Å². The van der Waals surface area contributed by atoms with Crippen LogP contribution in [0.1, 0.15) is 49.4 Å². The summed E-state index contributed by atoms with van der Waals surface area (Å²) in [5, 5.41) is 11.2. The lowest BCUT2D eigenvalue weighted by Gasteiger charge is -2.41. The molecule has 1 atom stereocenters. The van der Waals surface area contributed by atoms with Gasteiger partial charge in [-0.05, 0) is 99.5 Å². The van der Waals surface area contributed by atoms with Crippen LogP contribution in [-0.2, 0) is 6.42 Å². The molecular weight excluding hydrogens is 453 g/mol. The van der Waals surface area contributed by atoms with Crippen molar-refractivity contribution in [3.8, 4) is 5.75 Å². The highest BCUT2D eigenvalue weighted by Crippen LogP contribution is 2.41. The molecule has 0 spiro atoms. The van der Waals surface area contributed by atoms with Crippen LogP contribution >= 0.6 is 11.6 Å². The zero-order chi connectivity index (χ0) is 24.0. The maximum absolute atomic E-state index is 15.6. The number of aryl methyl sites for hydroxylation is 1. The van der Waals surface area contributed by atoms with Crippen molar-refractivity contribution in [1.82, 2.24) is 14.9 Å². The zero-order valence-electron chi connectivity index (χ0n) is 19.7. The topological polar surface area (TPSA) is 58.5 Å². The molecule has 0 bridgehead atoms. The molecule has 4 rings (SSSR count). The number of piperidine rings is 1. The molecule has 1 aromatic carbocycles. The summed E-state index contributed by atoms with van der Waals surface area (Å²) in [4.78, 5) is 10.9. The smallest absolute Gasteiger partial charge is 0.127 e. The molecule has 1 fully saturated rings. The number of ether oxygens (including phenoxy) is 1. The summed E-state index contributed by atoms with van der Waals surface area (Å²) in [6.07, 6.45) is 8.80. The fourth-order valence-electron chi connectivity index (χ4n) is 4.98. The van der Waals surface area contributed by atoms with Gasteiger partial charge in [-0.15, -0.1) is 0 Å². The third-order valence-corrected chi connectivity index (χ3v) is 7.55. The van der Waals surface area contributed by atoms with E-state index in [9.17, 15) is 5.11 Å². The molecule has 1 aliphatic rings. The Bertz CT molecular complexity index is 1070. The van der Waals surface area contributed by atoms with E-state index in [1.54, 1.807) is 13.2 Å². The van der Waals surface area contributed by atoms with Crippen LogP contribution in [0.5, 0.6) is 5.75 Å². The van der Waals surface area contributed by atoms with Crippen LogP contribution in [0.2, 0.25) is 5.02 Å². The Hall–Kier alpha value is -2.28. The molecule has 0 aliphatic carbocycles. The molecule has 0 saturated carbocycles. The zero-order valence-corrected chi connectivity index (χ0v) is 20.5. The first-order chi connectivity index (χ1) is 16.5. The number of likely N-dealkylation sites (tertiary alicyclic amines) is 1. The van der Waals surface area contributed by atoms with Crippen molar-refractivity contribution >= 4 is 22.5 Å². The molecule has 1 saturated heterocycles. The number of pyridine rings is 2. The average Bonchev–Trinajstić information content (AvgIpc) is 2.88. The number of hydrogen-bond acceptors (Lipinski definition) is 5. The highest BCUT2D eigenvalue weighted by Gasteiger charge is 2.35. The Labute approximate surface area is 205 Å². The van der Waals surface area contributed by atoms with Crippen LogP contribution in [0, 0.1) is 5.41 Å². The number of nitrogens with zero attached hydrogens (tertiary/aromatic N) is 3. The van der Waals surface area contributed by atoms with Gasteiger partial charge in [-0.1, -0.05) is 11.6 Å². The maximum Gasteiger partial charge on any atom is 0.127 e. The van der Waals surface area contributed by atoms with E-state index < -0.39 is 6.17 Å². The number of hydrogen-bond donors (Lipinski definition) is 1. The number of fused-ring (bicyclic) bond motifs is 1. The minimum Gasteiger partial charge on any atom is -0.497 e. The van der Waals surface area contributed by atoms with Crippen molar-refractivity contribution in [2.45, 2.75) is 44.7 Å². The number of benzene rings is 1. The summed E-state index contributed by atoms with van der Waals surface area (Å²) in [6, 6.07) is 9.55. The van der Waals surface area contributed by atoms with Gasteiger partial charge in [-0.2, -0.15) is 0 Å². The molecule has 1 N–H and O–H groups in total. The largest absolute Gasteiger partial charge is 0.497 e. The van der Waals surface area contributed by atoms with Crippen molar-refractivity contribution in [2.24, 2.45) is 5.41 Å². The molecule has 182 valence electrons. The molecule has 3 aromatic rings. The van der Waals surface area contributed by atoms with E-state index in [1.807, 2.05) is 24.5 Å². The Balaban J connectivity index is 1.34. The average molecular weight is 486 g/mol. The number of halogens is 2.